The number of hydrogen-bond acceptors (Lipinski definition) is 3. The number of carboxylic acids is 1. The van der Waals surface area contributed by atoms with Crippen molar-refractivity contribution in [2.75, 3.05) is 13.1 Å². The summed E-state index contributed by atoms with van der Waals surface area (Å²) in [5, 5.41) is 9.17. The Balaban J connectivity index is 1.75. The third-order valence-corrected chi connectivity index (χ3v) is 5.04. The summed E-state index contributed by atoms with van der Waals surface area (Å²) in [5.74, 6) is -1.42. The smallest absolute Gasteiger partial charge is 0.329 e. The molecule has 1 aliphatic heterocycles. The van der Waals surface area contributed by atoms with Gasteiger partial charge in [-0.1, -0.05) is 19.1 Å². The summed E-state index contributed by atoms with van der Waals surface area (Å²) >= 11 is 0. The van der Waals surface area contributed by atoms with Crippen molar-refractivity contribution in [1.29, 1.82) is 0 Å². The number of hydrogen-bond donors (Lipinski definition) is 1. The molecule has 7 heteroatoms. The van der Waals surface area contributed by atoms with Crippen molar-refractivity contribution in [3.8, 4) is 0 Å². The van der Waals surface area contributed by atoms with Gasteiger partial charge in [-0.3, -0.25) is 18.7 Å². The van der Waals surface area contributed by atoms with Crippen molar-refractivity contribution in [3.05, 3.63) is 34.7 Å². The fourth-order valence-electron chi connectivity index (χ4n) is 3.70. The molecule has 1 aromatic heterocycles. The van der Waals surface area contributed by atoms with Crippen molar-refractivity contribution in [2.24, 2.45) is 5.92 Å². The first-order valence-corrected chi connectivity index (χ1v) is 9.21. The lowest BCUT2D eigenvalue weighted by atomic mass is 9.98. The quantitative estimate of drug-likeness (QED) is 0.854. The largest absolute Gasteiger partial charge is 0.481 e. The lowest BCUT2D eigenvalue weighted by Gasteiger charge is -2.30. The van der Waals surface area contributed by atoms with E-state index in [1.807, 2.05) is 31.2 Å². The summed E-state index contributed by atoms with van der Waals surface area (Å²) < 4.78 is 3.41. The van der Waals surface area contributed by atoms with Crippen molar-refractivity contribution in [3.63, 3.8) is 0 Å². The van der Waals surface area contributed by atoms with Gasteiger partial charge in [-0.2, -0.15) is 0 Å². The lowest BCUT2D eigenvalue weighted by molar-refractivity contribution is -0.145. The van der Waals surface area contributed by atoms with E-state index in [0.29, 0.717) is 32.5 Å². The standard InChI is InChI=1S/C19H25N3O4/c1-2-10-21-15-7-3-4-8-16(15)22(19(21)26)12-9-17(23)20-11-5-6-14(13-20)18(24)25/h3-4,7-8,14H,2,5-6,9-13H2,1H3,(H,24,25)/t14-/m0/s1. The number of piperidine rings is 1. The number of aromatic nitrogens is 2. The van der Waals surface area contributed by atoms with Crippen LogP contribution in [0.2, 0.25) is 0 Å². The van der Waals surface area contributed by atoms with E-state index in [-0.39, 0.29) is 24.6 Å². The number of aryl methyl sites for hydroxylation is 2. The van der Waals surface area contributed by atoms with Gasteiger partial charge < -0.3 is 10.0 Å². The SMILES string of the molecule is CCCn1c(=O)n(CCC(=O)N2CCC[C@H](C(=O)O)C2)c2ccccc21. The van der Waals surface area contributed by atoms with Crippen LogP contribution in [0.25, 0.3) is 11.0 Å². The maximum Gasteiger partial charge on any atom is 0.329 e. The number of carbonyl (C=O) groups is 2. The number of carboxylic acid groups (broad SMARTS) is 1. The predicted octanol–water partition coefficient (Wildman–Crippen LogP) is 1.93. The van der Waals surface area contributed by atoms with Crippen LogP contribution >= 0.6 is 0 Å². The van der Waals surface area contributed by atoms with Crippen molar-refractivity contribution in [2.45, 2.75) is 45.7 Å². The predicted molar refractivity (Wildman–Crippen MR) is 98.0 cm³/mol. The number of likely N-dealkylation sites (tertiary alicyclic amines) is 1. The van der Waals surface area contributed by atoms with E-state index in [4.69, 9.17) is 5.11 Å². The van der Waals surface area contributed by atoms with E-state index < -0.39 is 11.9 Å². The van der Waals surface area contributed by atoms with Crippen LogP contribution in [0.1, 0.15) is 32.6 Å². The minimum absolute atomic E-state index is 0.0878. The molecule has 140 valence electrons. The maximum absolute atomic E-state index is 12.7. The van der Waals surface area contributed by atoms with Gasteiger partial charge in [0.25, 0.3) is 0 Å². The number of aliphatic carboxylic acids is 1. The van der Waals surface area contributed by atoms with Crippen LogP contribution in [0.3, 0.4) is 0 Å². The Morgan fingerprint density at radius 3 is 2.42 bits per heavy atom. The zero-order chi connectivity index (χ0) is 18.7. The zero-order valence-electron chi connectivity index (χ0n) is 15.1. The van der Waals surface area contributed by atoms with E-state index in [1.165, 1.54) is 0 Å². The second-order valence-electron chi connectivity index (χ2n) is 6.84. The lowest BCUT2D eigenvalue weighted by Crippen LogP contribution is -2.42. The minimum atomic E-state index is -0.846. The summed E-state index contributed by atoms with van der Waals surface area (Å²) in [5.41, 5.74) is 1.62. The number of fused-ring (bicyclic) bond motifs is 1. The van der Waals surface area contributed by atoms with E-state index in [0.717, 1.165) is 17.5 Å². The first kappa shape index (κ1) is 18.2. The van der Waals surface area contributed by atoms with E-state index in [9.17, 15) is 14.4 Å². The molecule has 1 saturated heterocycles. The molecule has 1 aliphatic rings. The van der Waals surface area contributed by atoms with E-state index >= 15 is 0 Å². The molecule has 0 saturated carbocycles. The van der Waals surface area contributed by atoms with E-state index in [1.54, 1.807) is 14.0 Å². The Hall–Kier alpha value is -2.57. The Morgan fingerprint density at radius 2 is 1.81 bits per heavy atom. The van der Waals surface area contributed by atoms with Gasteiger partial charge in [0.05, 0.1) is 17.0 Å². The Bertz CT molecular complexity index is 867. The Morgan fingerprint density at radius 1 is 1.15 bits per heavy atom. The Labute approximate surface area is 151 Å². The highest BCUT2D eigenvalue weighted by atomic mass is 16.4. The fourth-order valence-corrected chi connectivity index (χ4v) is 3.70. The molecular formula is C19H25N3O4. The van der Waals surface area contributed by atoms with Gasteiger partial charge in [0.2, 0.25) is 5.91 Å². The molecule has 0 bridgehead atoms. The van der Waals surface area contributed by atoms with Gasteiger partial charge >= 0.3 is 11.7 Å². The monoisotopic (exact) mass is 359 g/mol. The van der Waals surface area contributed by atoms with Gasteiger partial charge in [0, 0.05) is 32.6 Å². The minimum Gasteiger partial charge on any atom is -0.481 e. The zero-order valence-corrected chi connectivity index (χ0v) is 15.1. The molecular weight excluding hydrogens is 334 g/mol. The number of carbonyl (C=O) groups excluding carboxylic acids is 1. The molecule has 1 aromatic carbocycles. The molecule has 0 radical (unpaired) electrons. The average molecular weight is 359 g/mol. The summed E-state index contributed by atoms with van der Waals surface area (Å²) in [4.78, 5) is 38.1. The first-order valence-electron chi connectivity index (χ1n) is 9.21. The Kier molecular flexibility index (Phi) is 5.44. The summed E-state index contributed by atoms with van der Waals surface area (Å²) in [7, 11) is 0. The average Bonchev–Trinajstić information content (AvgIpc) is 2.92. The first-order chi connectivity index (χ1) is 12.5. The van der Waals surface area contributed by atoms with Crippen molar-refractivity contribution < 1.29 is 14.7 Å². The van der Waals surface area contributed by atoms with Gasteiger partial charge in [-0.25, -0.2) is 4.79 Å². The van der Waals surface area contributed by atoms with Crippen LogP contribution in [0.15, 0.2) is 29.1 Å². The number of imidazole rings is 1. The second kappa shape index (κ2) is 7.76. The van der Waals surface area contributed by atoms with Gasteiger partial charge in [-0.15, -0.1) is 0 Å². The van der Waals surface area contributed by atoms with Crippen LogP contribution in [0.5, 0.6) is 0 Å². The van der Waals surface area contributed by atoms with Gasteiger partial charge in [0.1, 0.15) is 0 Å². The third kappa shape index (κ3) is 3.52. The molecule has 0 unspecified atom stereocenters. The molecule has 1 N–H and O–H groups in total. The molecule has 0 spiro atoms. The highest BCUT2D eigenvalue weighted by Crippen LogP contribution is 2.18. The van der Waals surface area contributed by atoms with Gasteiger partial charge in [0.15, 0.2) is 0 Å². The molecule has 1 fully saturated rings. The summed E-state index contributed by atoms with van der Waals surface area (Å²) in [6.07, 6.45) is 2.38. The number of para-hydroxylation sites is 2. The molecule has 3 rings (SSSR count). The highest BCUT2D eigenvalue weighted by Gasteiger charge is 2.28. The number of rotatable bonds is 6. The molecule has 7 nitrogen and oxygen atoms in total. The molecule has 1 amide bonds. The topological polar surface area (TPSA) is 84.5 Å². The molecule has 26 heavy (non-hydrogen) atoms. The van der Waals surface area contributed by atoms with Crippen molar-refractivity contribution in [1.82, 2.24) is 14.0 Å². The van der Waals surface area contributed by atoms with Crippen LogP contribution in [0, 0.1) is 5.92 Å². The van der Waals surface area contributed by atoms with Crippen LogP contribution in [-0.2, 0) is 22.7 Å². The normalized spacial score (nSPS) is 17.6. The molecule has 2 aromatic rings. The summed E-state index contributed by atoms with van der Waals surface area (Å²) in [6.45, 7) is 3.84. The van der Waals surface area contributed by atoms with E-state index in [2.05, 4.69) is 0 Å². The number of amides is 1. The second-order valence-corrected chi connectivity index (χ2v) is 6.84. The summed E-state index contributed by atoms with van der Waals surface area (Å²) in [6, 6.07) is 7.61. The van der Waals surface area contributed by atoms with Crippen molar-refractivity contribution >= 4 is 22.9 Å². The van der Waals surface area contributed by atoms with Gasteiger partial charge in [-0.05, 0) is 31.4 Å². The molecule has 2 heterocycles. The number of nitrogens with zero attached hydrogens (tertiary/aromatic N) is 3. The van der Waals surface area contributed by atoms with Crippen LogP contribution in [0.4, 0.5) is 0 Å². The highest BCUT2D eigenvalue weighted by molar-refractivity contribution is 5.79. The number of benzene rings is 1. The fraction of sp³-hybridized carbons (Fsp3) is 0.526. The maximum atomic E-state index is 12.7. The van der Waals surface area contributed by atoms with Crippen LogP contribution < -0.4 is 5.69 Å². The molecule has 1 atom stereocenters. The molecule has 0 aliphatic carbocycles. The third-order valence-electron chi connectivity index (χ3n) is 5.04. The van der Waals surface area contributed by atoms with Crippen LogP contribution in [-0.4, -0.2) is 44.1 Å².